The van der Waals surface area contributed by atoms with Crippen LogP contribution in [0.2, 0.25) is 0 Å². The third-order valence-corrected chi connectivity index (χ3v) is 6.74. The van der Waals surface area contributed by atoms with E-state index in [1.165, 1.54) is 12.7 Å². The van der Waals surface area contributed by atoms with Crippen LogP contribution in [0.1, 0.15) is 12.5 Å². The minimum Gasteiger partial charge on any atom is -0.480 e. The van der Waals surface area contributed by atoms with Gasteiger partial charge in [0.2, 0.25) is 0 Å². The summed E-state index contributed by atoms with van der Waals surface area (Å²) in [5.41, 5.74) is 12.2. The number of carbonyl (C=O) groups is 1. The van der Waals surface area contributed by atoms with Crippen molar-refractivity contribution >= 4 is 38.8 Å². The summed E-state index contributed by atoms with van der Waals surface area (Å²) in [6, 6.07) is -1.53. The van der Waals surface area contributed by atoms with E-state index in [1.54, 1.807) is 4.57 Å². The lowest BCUT2D eigenvalue weighted by Crippen LogP contribution is -2.40. The van der Waals surface area contributed by atoms with Crippen molar-refractivity contribution in [2.75, 3.05) is 31.0 Å². The molecule has 1 aliphatic heterocycles. The predicted octanol–water partition coefficient (Wildman–Crippen LogP) is -1.18. The van der Waals surface area contributed by atoms with E-state index in [-0.39, 0.29) is 41.9 Å². The third-order valence-electron chi connectivity index (χ3n) is 5.02. The van der Waals surface area contributed by atoms with Gasteiger partial charge in [0.05, 0.1) is 31.7 Å². The molecule has 0 aromatic carbocycles. The van der Waals surface area contributed by atoms with E-state index in [9.17, 15) is 15.0 Å². The van der Waals surface area contributed by atoms with E-state index < -0.39 is 30.3 Å². The van der Waals surface area contributed by atoms with Gasteiger partial charge in [-0.3, -0.25) is 4.79 Å². The number of aliphatic hydroxyl groups excluding tert-OH is 2. The maximum atomic E-state index is 10.8. The average molecular weight is 426 g/mol. The van der Waals surface area contributed by atoms with Crippen LogP contribution in [0, 0.1) is 5.92 Å². The van der Waals surface area contributed by atoms with Crippen LogP contribution in [0.15, 0.2) is 12.7 Å². The van der Waals surface area contributed by atoms with Gasteiger partial charge in [-0.15, -0.1) is 0 Å². The molecule has 3 heterocycles. The quantitative estimate of drug-likeness (QED) is 0.352. The van der Waals surface area contributed by atoms with Crippen LogP contribution in [-0.4, -0.2) is 89.6 Å². The minimum absolute atomic E-state index is 0.176. The van der Waals surface area contributed by atoms with Crippen molar-refractivity contribution < 1.29 is 24.9 Å². The molecule has 0 radical (unpaired) electrons. The zero-order valence-corrected chi connectivity index (χ0v) is 16.8. The summed E-state index contributed by atoms with van der Waals surface area (Å²) in [4.78, 5) is 23.1. The smallest absolute Gasteiger partial charge is 0.320 e. The molecule has 6 unspecified atom stereocenters. The first kappa shape index (κ1) is 21.6. The Morgan fingerprint density at radius 1 is 1.38 bits per heavy atom. The van der Waals surface area contributed by atoms with Crippen molar-refractivity contribution in [2.45, 2.75) is 30.7 Å². The molecular formula is C17H26N6O5S. The van der Waals surface area contributed by atoms with Gasteiger partial charge in [-0.2, -0.15) is 10.5 Å². The number of rotatable bonds is 6. The van der Waals surface area contributed by atoms with Crippen LogP contribution < -0.4 is 11.5 Å². The first-order valence-electron chi connectivity index (χ1n) is 9.09. The van der Waals surface area contributed by atoms with E-state index in [0.717, 1.165) is 0 Å². The highest BCUT2D eigenvalue weighted by Crippen LogP contribution is 2.29. The molecule has 1 fully saturated rings. The number of anilines is 1. The number of carboxylic acid groups (broad SMARTS) is 1. The Morgan fingerprint density at radius 3 is 2.86 bits per heavy atom. The molecule has 1 saturated heterocycles. The van der Waals surface area contributed by atoms with Gasteiger partial charge < -0.3 is 36.1 Å². The molecule has 160 valence electrons. The summed E-state index contributed by atoms with van der Waals surface area (Å²) in [6.07, 6.45) is 2.88. The average Bonchev–Trinajstić information content (AvgIpc) is 3.07. The highest BCUT2D eigenvalue weighted by atomic mass is 32.2. The van der Waals surface area contributed by atoms with Gasteiger partial charge in [-0.25, -0.2) is 15.0 Å². The molecule has 2 aromatic heterocycles. The molecule has 11 nitrogen and oxygen atoms in total. The molecule has 0 spiro atoms. The van der Waals surface area contributed by atoms with Crippen LogP contribution >= 0.6 is 10.5 Å². The molecule has 0 aliphatic carbocycles. The fraction of sp³-hybridized carbons (Fsp3) is 0.588. The number of imidazole rings is 1. The lowest BCUT2D eigenvalue weighted by Gasteiger charge is -2.28. The van der Waals surface area contributed by atoms with E-state index in [2.05, 4.69) is 15.0 Å². The predicted molar refractivity (Wildman–Crippen MR) is 110 cm³/mol. The Hall–Kier alpha value is -2.12. The van der Waals surface area contributed by atoms with Crippen molar-refractivity contribution in [3.05, 3.63) is 12.7 Å². The number of nitrogens with two attached hydrogens (primary N) is 2. The van der Waals surface area contributed by atoms with Crippen LogP contribution in [-0.2, 0) is 9.53 Å². The SMILES string of the molecule is CS(=CCC(N)C(=O)O)CC1COCC(n2cnc3c(N)ncnc32)C(O)C1O. The number of hydrogen-bond acceptors (Lipinski definition) is 9. The minimum atomic E-state index is -1.10. The summed E-state index contributed by atoms with van der Waals surface area (Å²) in [5, 5.41) is 32.3. The molecule has 0 saturated carbocycles. The van der Waals surface area contributed by atoms with Crippen LogP contribution in [0.4, 0.5) is 5.82 Å². The van der Waals surface area contributed by atoms with Crippen molar-refractivity contribution in [3.63, 3.8) is 0 Å². The van der Waals surface area contributed by atoms with Crippen molar-refractivity contribution in [1.82, 2.24) is 19.5 Å². The lowest BCUT2D eigenvalue weighted by atomic mass is 9.97. The molecular weight excluding hydrogens is 400 g/mol. The van der Waals surface area contributed by atoms with Gasteiger partial charge in [-0.05, 0) is 18.4 Å². The Balaban J connectivity index is 1.74. The number of nitrogen functional groups attached to an aromatic ring is 1. The number of aliphatic hydroxyl groups is 2. The summed E-state index contributed by atoms with van der Waals surface area (Å²) in [7, 11) is -0.297. The molecule has 0 amide bonds. The molecule has 12 heteroatoms. The molecule has 6 atom stereocenters. The second-order valence-corrected chi connectivity index (χ2v) is 9.18. The van der Waals surface area contributed by atoms with Crippen molar-refractivity contribution in [3.8, 4) is 0 Å². The Morgan fingerprint density at radius 2 is 2.14 bits per heavy atom. The molecule has 0 bridgehead atoms. The number of carboxylic acids is 1. The van der Waals surface area contributed by atoms with E-state index in [0.29, 0.717) is 16.9 Å². The first-order valence-corrected chi connectivity index (χ1v) is 11.0. The summed E-state index contributed by atoms with van der Waals surface area (Å²) >= 11 is 0. The molecule has 29 heavy (non-hydrogen) atoms. The number of fused-ring (bicyclic) bond motifs is 1. The van der Waals surface area contributed by atoms with Crippen LogP contribution in [0.25, 0.3) is 11.2 Å². The molecule has 7 N–H and O–H groups in total. The Bertz CT molecular complexity index is 906. The summed E-state index contributed by atoms with van der Waals surface area (Å²) < 4.78 is 7.40. The lowest BCUT2D eigenvalue weighted by molar-refractivity contribution is -0.138. The van der Waals surface area contributed by atoms with Crippen molar-refractivity contribution in [1.29, 1.82) is 0 Å². The largest absolute Gasteiger partial charge is 0.480 e. The van der Waals surface area contributed by atoms with Gasteiger partial charge in [0.25, 0.3) is 0 Å². The van der Waals surface area contributed by atoms with Crippen molar-refractivity contribution in [2.24, 2.45) is 11.7 Å². The zero-order valence-electron chi connectivity index (χ0n) is 16.0. The molecule has 2 aromatic rings. The normalized spacial score (nSPS) is 27.6. The number of aliphatic carboxylic acids is 1. The highest BCUT2D eigenvalue weighted by molar-refractivity contribution is 8.14. The maximum Gasteiger partial charge on any atom is 0.320 e. The number of hydrogen-bond donors (Lipinski definition) is 5. The second-order valence-electron chi connectivity index (χ2n) is 7.13. The topological polar surface area (TPSA) is 183 Å². The highest BCUT2D eigenvalue weighted by Gasteiger charge is 2.37. The summed E-state index contributed by atoms with van der Waals surface area (Å²) in [5.74, 6) is -0.570. The van der Waals surface area contributed by atoms with Gasteiger partial charge in [0.15, 0.2) is 11.5 Å². The van der Waals surface area contributed by atoms with E-state index in [4.69, 9.17) is 21.3 Å². The van der Waals surface area contributed by atoms with E-state index in [1.807, 2.05) is 11.6 Å². The monoisotopic (exact) mass is 426 g/mol. The van der Waals surface area contributed by atoms with Gasteiger partial charge >= 0.3 is 5.97 Å². The third kappa shape index (κ3) is 4.73. The fourth-order valence-electron chi connectivity index (χ4n) is 3.32. The first-order chi connectivity index (χ1) is 13.8. The van der Waals surface area contributed by atoms with Gasteiger partial charge in [0.1, 0.15) is 24.0 Å². The maximum absolute atomic E-state index is 10.8. The van der Waals surface area contributed by atoms with Crippen LogP contribution in [0.3, 0.4) is 0 Å². The number of ether oxygens (including phenoxy) is 1. The molecule has 3 rings (SSSR count). The van der Waals surface area contributed by atoms with Gasteiger partial charge in [-0.1, -0.05) is 5.37 Å². The number of nitrogens with zero attached hydrogens (tertiary/aromatic N) is 4. The molecule has 1 aliphatic rings. The van der Waals surface area contributed by atoms with Crippen LogP contribution in [0.5, 0.6) is 0 Å². The van der Waals surface area contributed by atoms with Gasteiger partial charge in [0, 0.05) is 5.92 Å². The Kier molecular flexibility index (Phi) is 6.80. The standard InChI is InChI=1S/C17H26N6O5S/c1-29(3-2-10(18)17(26)27)6-9-4-28-5-11(14(25)13(9)24)23-8-22-12-15(19)20-7-21-16(12)23/h3,7-11,13-14,24-25H,2,4-6,18H2,1H3,(H,26,27)(H2,19,20,21). The second kappa shape index (κ2) is 9.13. The Labute approximate surface area is 169 Å². The van der Waals surface area contributed by atoms with E-state index >= 15 is 0 Å². The fourth-order valence-corrected chi connectivity index (χ4v) is 4.96. The summed E-state index contributed by atoms with van der Waals surface area (Å²) in [6.45, 7) is 0.448. The zero-order chi connectivity index (χ0) is 21.1. The number of aromatic nitrogens is 4.